The maximum atomic E-state index is 13.7. The number of nitrogens with two attached hydrogens (primary N) is 1. The number of ether oxygens (including phenoxy) is 2. The number of carbonyl (C=O) groups excluding carboxylic acids is 1. The summed E-state index contributed by atoms with van der Waals surface area (Å²) in [4.78, 5) is 11.1. The van der Waals surface area contributed by atoms with Crippen LogP contribution in [0.1, 0.15) is 18.5 Å². The van der Waals surface area contributed by atoms with Crippen LogP contribution in [0.25, 0.3) is 0 Å². The van der Waals surface area contributed by atoms with Gasteiger partial charge in [0.15, 0.2) is 0 Å². The van der Waals surface area contributed by atoms with E-state index in [4.69, 9.17) is 5.73 Å². The molecule has 2 N–H and O–H groups in total. The van der Waals surface area contributed by atoms with Crippen molar-refractivity contribution in [2.24, 2.45) is 5.73 Å². The van der Waals surface area contributed by atoms with E-state index in [0.717, 1.165) is 12.1 Å². The molecule has 0 aromatic heterocycles. The van der Waals surface area contributed by atoms with Gasteiger partial charge in [-0.2, -0.15) is 17.6 Å². The second-order valence-corrected chi connectivity index (χ2v) is 3.77. The van der Waals surface area contributed by atoms with Crippen molar-refractivity contribution in [1.29, 1.82) is 0 Å². The molecule has 4 nitrogen and oxygen atoms in total. The smallest absolute Gasteiger partial charge is 0.387 e. The average molecular weight is 295 g/mol. The Labute approximate surface area is 112 Å². The molecule has 1 rings (SSSR count). The van der Waals surface area contributed by atoms with Crippen LogP contribution in [0.15, 0.2) is 24.3 Å². The molecule has 1 atom stereocenters. The summed E-state index contributed by atoms with van der Waals surface area (Å²) in [6.45, 7) is -1.95. The van der Waals surface area contributed by atoms with Crippen molar-refractivity contribution in [1.82, 2.24) is 0 Å². The maximum Gasteiger partial charge on any atom is 0.387 e. The molecule has 0 aliphatic carbocycles. The maximum absolute atomic E-state index is 13.7. The van der Waals surface area contributed by atoms with Crippen LogP contribution in [0.5, 0.6) is 5.75 Å². The van der Waals surface area contributed by atoms with Crippen molar-refractivity contribution in [3.8, 4) is 5.75 Å². The first-order chi connectivity index (χ1) is 9.28. The summed E-state index contributed by atoms with van der Waals surface area (Å²) in [7, 11) is 0. The van der Waals surface area contributed by atoms with Crippen molar-refractivity contribution >= 4 is 5.97 Å². The summed E-state index contributed by atoms with van der Waals surface area (Å²) in [5, 5.41) is 0. The Kier molecular flexibility index (Phi) is 5.32. The summed E-state index contributed by atoms with van der Waals surface area (Å²) in [6.07, 6.45) is 0. The largest absolute Gasteiger partial charge is 0.462 e. The molecular formula is C12H13F4NO3. The molecule has 20 heavy (non-hydrogen) atoms. The lowest BCUT2D eigenvalue weighted by atomic mass is 10.0. The fourth-order valence-corrected chi connectivity index (χ4v) is 1.45. The van der Waals surface area contributed by atoms with Crippen LogP contribution in [-0.4, -0.2) is 25.1 Å². The minimum atomic E-state index is -3.97. The molecule has 112 valence electrons. The molecule has 0 saturated carbocycles. The summed E-state index contributed by atoms with van der Waals surface area (Å²) in [6, 6.07) is 2.45. The number of carbonyl (C=O) groups is 1. The number of hydrogen-bond acceptors (Lipinski definition) is 4. The minimum absolute atomic E-state index is 0.221. The Hall–Kier alpha value is -1.83. The number of halogens is 4. The van der Waals surface area contributed by atoms with E-state index in [1.807, 2.05) is 0 Å². The van der Waals surface area contributed by atoms with Crippen LogP contribution in [0.3, 0.4) is 0 Å². The van der Waals surface area contributed by atoms with Crippen LogP contribution < -0.4 is 10.5 Å². The van der Waals surface area contributed by atoms with Gasteiger partial charge in [-0.3, -0.25) is 0 Å². The highest BCUT2D eigenvalue weighted by atomic mass is 19.3. The van der Waals surface area contributed by atoms with Crippen LogP contribution in [0, 0.1) is 0 Å². The SMILES string of the molecule is CCOC(=O)C(F)(F)[C@H](N)c1cccc(OC(F)F)c1. The number of rotatable bonds is 6. The molecule has 0 aliphatic rings. The molecule has 0 fully saturated rings. The lowest BCUT2D eigenvalue weighted by molar-refractivity contribution is -0.174. The normalized spacial score (nSPS) is 13.2. The van der Waals surface area contributed by atoms with Gasteiger partial charge in [0.05, 0.1) is 6.61 Å². The molecular weight excluding hydrogens is 282 g/mol. The molecule has 0 amide bonds. The Bertz CT molecular complexity index is 468. The predicted molar refractivity (Wildman–Crippen MR) is 61.6 cm³/mol. The van der Waals surface area contributed by atoms with Gasteiger partial charge in [0.1, 0.15) is 11.8 Å². The van der Waals surface area contributed by atoms with Gasteiger partial charge in [-0.15, -0.1) is 0 Å². The third-order valence-corrected chi connectivity index (χ3v) is 2.38. The average Bonchev–Trinajstić information content (AvgIpc) is 2.37. The van der Waals surface area contributed by atoms with Gasteiger partial charge in [0, 0.05) is 0 Å². The molecule has 0 heterocycles. The van der Waals surface area contributed by atoms with Crippen molar-refractivity contribution < 1.29 is 31.8 Å². The van der Waals surface area contributed by atoms with Crippen LogP contribution in [-0.2, 0) is 9.53 Å². The third-order valence-electron chi connectivity index (χ3n) is 2.38. The lowest BCUT2D eigenvalue weighted by Gasteiger charge is -2.22. The molecule has 1 aromatic carbocycles. The van der Waals surface area contributed by atoms with Gasteiger partial charge in [-0.05, 0) is 24.6 Å². The molecule has 0 spiro atoms. The van der Waals surface area contributed by atoms with Gasteiger partial charge in [-0.1, -0.05) is 12.1 Å². The first-order valence-electron chi connectivity index (χ1n) is 5.64. The molecule has 0 radical (unpaired) electrons. The Morgan fingerprint density at radius 2 is 2.05 bits per heavy atom. The Morgan fingerprint density at radius 3 is 2.60 bits per heavy atom. The predicted octanol–water partition coefficient (Wildman–Crippen LogP) is 2.49. The minimum Gasteiger partial charge on any atom is -0.462 e. The fourth-order valence-electron chi connectivity index (χ4n) is 1.45. The highest BCUT2D eigenvalue weighted by Crippen LogP contribution is 2.32. The summed E-state index contributed by atoms with van der Waals surface area (Å²) < 4.78 is 59.8. The van der Waals surface area contributed by atoms with Crippen LogP contribution in [0.2, 0.25) is 0 Å². The number of esters is 1. The first-order valence-corrected chi connectivity index (χ1v) is 5.64. The van der Waals surface area contributed by atoms with E-state index in [-0.39, 0.29) is 17.9 Å². The summed E-state index contributed by atoms with van der Waals surface area (Å²) >= 11 is 0. The standard InChI is InChI=1S/C12H13F4NO3/c1-2-19-10(18)12(15,16)9(17)7-4-3-5-8(6-7)20-11(13)14/h3-6,9,11H,2,17H2,1H3/t9-/m1/s1. The summed E-state index contributed by atoms with van der Waals surface area (Å²) in [5.74, 6) is -6.07. The quantitative estimate of drug-likeness (QED) is 0.647. The van der Waals surface area contributed by atoms with Gasteiger partial charge >= 0.3 is 18.5 Å². The monoisotopic (exact) mass is 295 g/mol. The van der Waals surface area contributed by atoms with Gasteiger partial charge in [0.2, 0.25) is 0 Å². The molecule has 1 aromatic rings. The number of alkyl halides is 4. The van der Waals surface area contributed by atoms with Crippen molar-refractivity contribution in [2.75, 3.05) is 6.61 Å². The second kappa shape index (κ2) is 6.56. The summed E-state index contributed by atoms with van der Waals surface area (Å²) in [5.41, 5.74) is 5.09. The van der Waals surface area contributed by atoms with E-state index in [1.165, 1.54) is 19.1 Å². The molecule has 0 bridgehead atoms. The van der Waals surface area contributed by atoms with E-state index in [9.17, 15) is 22.4 Å². The van der Waals surface area contributed by atoms with E-state index in [0.29, 0.717) is 0 Å². The zero-order valence-corrected chi connectivity index (χ0v) is 10.5. The molecule has 0 saturated heterocycles. The van der Waals surface area contributed by atoms with Gasteiger partial charge in [0.25, 0.3) is 0 Å². The van der Waals surface area contributed by atoms with Crippen LogP contribution >= 0.6 is 0 Å². The third kappa shape index (κ3) is 3.83. The zero-order valence-electron chi connectivity index (χ0n) is 10.5. The van der Waals surface area contributed by atoms with E-state index in [1.54, 1.807) is 0 Å². The molecule has 0 aliphatic heterocycles. The highest BCUT2D eigenvalue weighted by molar-refractivity contribution is 5.78. The Morgan fingerprint density at radius 1 is 1.40 bits per heavy atom. The molecule has 0 unspecified atom stereocenters. The first kappa shape index (κ1) is 16.2. The van der Waals surface area contributed by atoms with Crippen LogP contribution in [0.4, 0.5) is 17.6 Å². The number of hydrogen-bond donors (Lipinski definition) is 1. The second-order valence-electron chi connectivity index (χ2n) is 3.77. The fraction of sp³-hybridized carbons (Fsp3) is 0.417. The Balaban J connectivity index is 2.96. The van der Waals surface area contributed by atoms with Crippen molar-refractivity contribution in [2.45, 2.75) is 25.5 Å². The lowest BCUT2D eigenvalue weighted by Crippen LogP contribution is -2.41. The number of benzene rings is 1. The molecule has 8 heteroatoms. The van der Waals surface area contributed by atoms with Crippen molar-refractivity contribution in [3.63, 3.8) is 0 Å². The highest BCUT2D eigenvalue weighted by Gasteiger charge is 2.47. The topological polar surface area (TPSA) is 61.5 Å². The zero-order chi connectivity index (χ0) is 15.3. The van der Waals surface area contributed by atoms with E-state index >= 15 is 0 Å². The van der Waals surface area contributed by atoms with Gasteiger partial charge in [-0.25, -0.2) is 4.79 Å². The van der Waals surface area contributed by atoms with Gasteiger partial charge < -0.3 is 15.2 Å². The van der Waals surface area contributed by atoms with E-state index in [2.05, 4.69) is 9.47 Å². The van der Waals surface area contributed by atoms with E-state index < -0.39 is 24.5 Å². The van der Waals surface area contributed by atoms with Crippen molar-refractivity contribution in [3.05, 3.63) is 29.8 Å².